The number of nitrogens with zero attached hydrogens (tertiary/aromatic N) is 4. The topological polar surface area (TPSA) is 39.7 Å². The van der Waals surface area contributed by atoms with E-state index in [0.29, 0.717) is 18.7 Å². The molecule has 0 saturated carbocycles. The number of halogens is 1. The van der Waals surface area contributed by atoms with Crippen molar-refractivity contribution in [3.05, 3.63) is 54.0 Å². The second-order valence-electron chi connectivity index (χ2n) is 7.89. The van der Waals surface area contributed by atoms with E-state index in [1.165, 1.54) is 44.5 Å². The number of carbonyl (C=O) groups excluding carboxylic acids is 1. The molecule has 2 saturated heterocycles. The fourth-order valence-corrected chi connectivity index (χ4v) is 4.91. The van der Waals surface area contributed by atoms with E-state index >= 15 is 0 Å². The van der Waals surface area contributed by atoms with Crippen LogP contribution in [0.25, 0.3) is 0 Å². The minimum atomic E-state index is -0.229. The van der Waals surface area contributed by atoms with Gasteiger partial charge in [0.2, 0.25) is 0 Å². The average molecular weight is 429 g/mol. The Morgan fingerprint density at radius 1 is 0.933 bits per heavy atom. The van der Waals surface area contributed by atoms with Crippen LogP contribution in [0, 0.1) is 5.82 Å². The van der Waals surface area contributed by atoms with Crippen LogP contribution in [-0.4, -0.2) is 72.3 Å². The van der Waals surface area contributed by atoms with Gasteiger partial charge in [0.1, 0.15) is 5.82 Å². The van der Waals surface area contributed by atoms with Crippen molar-refractivity contribution in [2.75, 3.05) is 56.5 Å². The highest BCUT2D eigenvalue weighted by Gasteiger charge is 2.22. The first-order valence-corrected chi connectivity index (χ1v) is 11.8. The number of piperidine rings is 1. The fraction of sp³-hybridized carbons (Fsp3) is 0.478. The lowest BCUT2D eigenvalue weighted by atomic mass is 10.1. The quantitative estimate of drug-likeness (QED) is 0.655. The molecule has 0 N–H and O–H groups in total. The van der Waals surface area contributed by atoms with Crippen molar-refractivity contribution in [3.63, 3.8) is 0 Å². The van der Waals surface area contributed by atoms with Crippen molar-refractivity contribution >= 4 is 23.4 Å². The Hall–Kier alpha value is -2.12. The summed E-state index contributed by atoms with van der Waals surface area (Å²) in [5.74, 6) is 0.838. The van der Waals surface area contributed by atoms with Gasteiger partial charge in [-0.15, -0.1) is 11.8 Å². The maximum absolute atomic E-state index is 13.1. The largest absolute Gasteiger partial charge is 0.368 e. The molecular weight excluding hydrogens is 399 g/mol. The summed E-state index contributed by atoms with van der Waals surface area (Å²) in [6.07, 6.45) is 5.70. The summed E-state index contributed by atoms with van der Waals surface area (Å²) >= 11 is 1.76. The SMILES string of the molecule is O=C(c1ccc(SCCN2CCCCC2)nc1)N1CCN(c2ccc(F)cc2)CC1. The van der Waals surface area contributed by atoms with Gasteiger partial charge in [-0.2, -0.15) is 0 Å². The van der Waals surface area contributed by atoms with Crippen LogP contribution in [-0.2, 0) is 0 Å². The summed E-state index contributed by atoms with van der Waals surface area (Å²) in [7, 11) is 0. The van der Waals surface area contributed by atoms with Gasteiger partial charge in [-0.25, -0.2) is 9.37 Å². The summed E-state index contributed by atoms with van der Waals surface area (Å²) in [6, 6.07) is 10.4. The minimum absolute atomic E-state index is 0.0334. The molecule has 3 heterocycles. The van der Waals surface area contributed by atoms with E-state index in [0.717, 1.165) is 36.1 Å². The van der Waals surface area contributed by atoms with Crippen LogP contribution in [0.5, 0.6) is 0 Å². The number of hydrogen-bond donors (Lipinski definition) is 0. The van der Waals surface area contributed by atoms with Crippen LogP contribution >= 0.6 is 11.8 Å². The highest BCUT2D eigenvalue weighted by Crippen LogP contribution is 2.20. The molecule has 160 valence electrons. The Labute approximate surface area is 182 Å². The Balaban J connectivity index is 1.24. The zero-order valence-corrected chi connectivity index (χ0v) is 18.1. The Bertz CT molecular complexity index is 816. The minimum Gasteiger partial charge on any atom is -0.368 e. The van der Waals surface area contributed by atoms with Gasteiger partial charge in [0.15, 0.2) is 0 Å². The van der Waals surface area contributed by atoms with Crippen molar-refractivity contribution in [1.82, 2.24) is 14.8 Å². The normalized spacial score (nSPS) is 17.9. The fourth-order valence-electron chi connectivity index (χ4n) is 4.06. The molecule has 2 aliphatic rings. The van der Waals surface area contributed by atoms with Crippen LogP contribution in [0.2, 0.25) is 0 Å². The lowest BCUT2D eigenvalue weighted by molar-refractivity contribution is 0.0746. The summed E-state index contributed by atoms with van der Waals surface area (Å²) in [4.78, 5) is 23.9. The Morgan fingerprint density at radius 3 is 2.33 bits per heavy atom. The molecule has 2 fully saturated rings. The van der Waals surface area contributed by atoms with Crippen molar-refractivity contribution in [1.29, 1.82) is 0 Å². The lowest BCUT2D eigenvalue weighted by Gasteiger charge is -2.36. The van der Waals surface area contributed by atoms with Gasteiger partial charge in [0, 0.05) is 50.4 Å². The lowest BCUT2D eigenvalue weighted by Crippen LogP contribution is -2.48. The number of benzene rings is 1. The molecule has 1 aromatic carbocycles. The molecule has 0 spiro atoms. The maximum atomic E-state index is 13.1. The molecule has 1 aromatic heterocycles. The van der Waals surface area contributed by atoms with Gasteiger partial charge >= 0.3 is 0 Å². The van der Waals surface area contributed by atoms with E-state index < -0.39 is 0 Å². The number of pyridine rings is 1. The number of anilines is 1. The van der Waals surface area contributed by atoms with Crippen LogP contribution < -0.4 is 4.90 Å². The third-order valence-electron chi connectivity index (χ3n) is 5.85. The number of piperazine rings is 1. The molecule has 5 nitrogen and oxygen atoms in total. The first kappa shape index (κ1) is 21.1. The van der Waals surface area contributed by atoms with Gasteiger partial charge in [-0.05, 0) is 62.3 Å². The van der Waals surface area contributed by atoms with Gasteiger partial charge < -0.3 is 14.7 Å². The molecule has 1 amide bonds. The second-order valence-corrected chi connectivity index (χ2v) is 9.01. The molecule has 30 heavy (non-hydrogen) atoms. The molecule has 2 aromatic rings. The average Bonchev–Trinajstić information content (AvgIpc) is 2.80. The van der Waals surface area contributed by atoms with E-state index in [1.54, 1.807) is 30.1 Å². The Kier molecular flexibility index (Phi) is 7.23. The van der Waals surface area contributed by atoms with Crippen LogP contribution in [0.4, 0.5) is 10.1 Å². The van der Waals surface area contributed by atoms with Gasteiger partial charge in [0.05, 0.1) is 10.6 Å². The molecule has 0 aliphatic carbocycles. The Morgan fingerprint density at radius 2 is 1.67 bits per heavy atom. The maximum Gasteiger partial charge on any atom is 0.255 e. The second kappa shape index (κ2) is 10.3. The number of hydrogen-bond acceptors (Lipinski definition) is 5. The summed E-state index contributed by atoms with van der Waals surface area (Å²) in [6.45, 7) is 6.34. The van der Waals surface area contributed by atoms with Gasteiger partial charge in [-0.3, -0.25) is 4.79 Å². The summed E-state index contributed by atoms with van der Waals surface area (Å²) in [5, 5.41) is 0.977. The zero-order valence-electron chi connectivity index (χ0n) is 17.3. The molecule has 0 unspecified atom stereocenters. The molecular formula is C23H29FN4OS. The van der Waals surface area contributed by atoms with Gasteiger partial charge in [-0.1, -0.05) is 6.42 Å². The summed E-state index contributed by atoms with van der Waals surface area (Å²) in [5.41, 5.74) is 1.64. The highest BCUT2D eigenvalue weighted by atomic mass is 32.2. The molecule has 7 heteroatoms. The summed E-state index contributed by atoms with van der Waals surface area (Å²) < 4.78 is 13.1. The van der Waals surface area contributed by atoms with Crippen LogP contribution in [0.15, 0.2) is 47.6 Å². The molecule has 4 rings (SSSR count). The first-order valence-electron chi connectivity index (χ1n) is 10.8. The highest BCUT2D eigenvalue weighted by molar-refractivity contribution is 7.99. The van der Waals surface area contributed by atoms with Crippen molar-refractivity contribution in [2.24, 2.45) is 0 Å². The van der Waals surface area contributed by atoms with Crippen molar-refractivity contribution in [2.45, 2.75) is 24.3 Å². The molecule has 0 bridgehead atoms. The van der Waals surface area contributed by atoms with Crippen molar-refractivity contribution < 1.29 is 9.18 Å². The number of aromatic nitrogens is 1. The standard InChI is InChI=1S/C23H29FN4OS/c24-20-5-7-21(8-6-20)27-12-14-28(15-13-27)23(29)19-4-9-22(25-18-19)30-17-16-26-10-2-1-3-11-26/h4-9,18H,1-3,10-17H2. The third kappa shape index (κ3) is 5.52. The molecule has 2 aliphatic heterocycles. The zero-order chi connectivity index (χ0) is 20.8. The number of carbonyl (C=O) groups is 1. The predicted octanol–water partition coefficient (Wildman–Crippen LogP) is 3.76. The molecule has 0 radical (unpaired) electrons. The van der Waals surface area contributed by atoms with Crippen molar-refractivity contribution in [3.8, 4) is 0 Å². The third-order valence-corrected chi connectivity index (χ3v) is 6.77. The number of likely N-dealkylation sites (tertiary alicyclic amines) is 1. The monoisotopic (exact) mass is 428 g/mol. The first-order chi connectivity index (χ1) is 14.7. The van der Waals surface area contributed by atoms with E-state index in [4.69, 9.17) is 0 Å². The van der Waals surface area contributed by atoms with E-state index in [2.05, 4.69) is 14.8 Å². The van der Waals surface area contributed by atoms with Crippen LogP contribution in [0.3, 0.4) is 0 Å². The van der Waals surface area contributed by atoms with E-state index in [9.17, 15) is 9.18 Å². The number of rotatable bonds is 6. The van der Waals surface area contributed by atoms with Crippen LogP contribution in [0.1, 0.15) is 29.6 Å². The van der Waals surface area contributed by atoms with E-state index in [1.807, 2.05) is 17.0 Å². The number of thioether (sulfide) groups is 1. The van der Waals surface area contributed by atoms with E-state index in [-0.39, 0.29) is 11.7 Å². The number of amides is 1. The molecule has 0 atom stereocenters. The van der Waals surface area contributed by atoms with Gasteiger partial charge in [0.25, 0.3) is 5.91 Å². The predicted molar refractivity (Wildman–Crippen MR) is 120 cm³/mol. The smallest absolute Gasteiger partial charge is 0.255 e.